The van der Waals surface area contributed by atoms with Crippen LogP contribution in [0.3, 0.4) is 0 Å². The Balaban J connectivity index is 1.20. The van der Waals surface area contributed by atoms with Crippen molar-refractivity contribution in [3.05, 3.63) is 58.0 Å². The molecule has 1 aromatic carbocycles. The molecule has 0 spiro atoms. The number of nitrogens with zero attached hydrogens (tertiary/aromatic N) is 6. The van der Waals surface area contributed by atoms with Crippen LogP contribution in [0.5, 0.6) is 0 Å². The van der Waals surface area contributed by atoms with Gasteiger partial charge in [0.1, 0.15) is 5.82 Å². The smallest absolute Gasteiger partial charge is 0.279 e. The van der Waals surface area contributed by atoms with Crippen LogP contribution >= 0.6 is 0 Å². The summed E-state index contributed by atoms with van der Waals surface area (Å²) < 4.78 is 3.75. The summed E-state index contributed by atoms with van der Waals surface area (Å²) in [5.41, 5.74) is 1.41. The first-order valence-corrected chi connectivity index (χ1v) is 14.7. The molecular weight excluding hydrogens is 462 g/mol. The van der Waals surface area contributed by atoms with Crippen LogP contribution in [0.25, 0.3) is 0 Å². The van der Waals surface area contributed by atoms with E-state index < -0.39 is 0 Å². The van der Waals surface area contributed by atoms with Crippen molar-refractivity contribution in [3.8, 4) is 0 Å². The average molecular weight is 506 g/mol. The first kappa shape index (κ1) is 25.9. The SMILES string of the molecule is CCCCc1nn(CCCc2ccccc2)c(=O)n1CC1CCC(C2CCCCC2c2nn[nH]n2)CC1. The van der Waals surface area contributed by atoms with Crippen LogP contribution in [0.15, 0.2) is 35.1 Å². The second-order valence-electron chi connectivity index (χ2n) is 11.3. The molecule has 2 saturated carbocycles. The first-order valence-electron chi connectivity index (χ1n) is 14.7. The summed E-state index contributed by atoms with van der Waals surface area (Å²) in [6, 6.07) is 10.5. The Morgan fingerprint density at radius 2 is 1.78 bits per heavy atom. The summed E-state index contributed by atoms with van der Waals surface area (Å²) in [7, 11) is 0. The molecule has 0 aliphatic heterocycles. The molecular formula is C29H43N7O. The molecule has 2 aliphatic carbocycles. The van der Waals surface area contributed by atoms with Gasteiger partial charge >= 0.3 is 5.69 Å². The molecule has 1 N–H and O–H groups in total. The third-order valence-corrected chi connectivity index (χ3v) is 8.88. The van der Waals surface area contributed by atoms with Gasteiger partial charge in [-0.15, -0.1) is 10.2 Å². The normalized spacial score (nSPS) is 24.4. The van der Waals surface area contributed by atoms with Crippen LogP contribution in [0.4, 0.5) is 0 Å². The van der Waals surface area contributed by atoms with Crippen LogP contribution in [-0.2, 0) is 25.9 Å². The summed E-state index contributed by atoms with van der Waals surface area (Å²) in [5, 5.41) is 20.0. The fourth-order valence-corrected chi connectivity index (χ4v) is 6.84. The number of hydrogen-bond acceptors (Lipinski definition) is 5. The van der Waals surface area contributed by atoms with E-state index in [-0.39, 0.29) is 5.69 Å². The summed E-state index contributed by atoms with van der Waals surface area (Å²) >= 11 is 0. The molecule has 0 saturated heterocycles. The summed E-state index contributed by atoms with van der Waals surface area (Å²) in [5.74, 6) is 4.31. The first-order chi connectivity index (χ1) is 18.2. The molecule has 2 fully saturated rings. The minimum absolute atomic E-state index is 0.0886. The number of aromatic amines is 1. The number of aromatic nitrogens is 7. The lowest BCUT2D eigenvalue weighted by Gasteiger charge is -2.39. The third-order valence-electron chi connectivity index (χ3n) is 8.88. The number of H-pyrrole nitrogens is 1. The largest absolute Gasteiger partial charge is 0.345 e. The van der Waals surface area contributed by atoms with Gasteiger partial charge in [0, 0.05) is 25.4 Å². The lowest BCUT2D eigenvalue weighted by Crippen LogP contribution is -2.32. The Kier molecular flexibility index (Phi) is 8.84. The number of nitrogens with one attached hydrogen (secondary N) is 1. The predicted molar refractivity (Wildman–Crippen MR) is 144 cm³/mol. The van der Waals surface area contributed by atoms with Gasteiger partial charge in [0.25, 0.3) is 0 Å². The van der Waals surface area contributed by atoms with E-state index in [0.29, 0.717) is 24.3 Å². The number of aryl methyl sites for hydroxylation is 3. The van der Waals surface area contributed by atoms with Crippen LogP contribution in [0, 0.1) is 17.8 Å². The molecule has 2 unspecified atom stereocenters. The highest BCUT2D eigenvalue weighted by Crippen LogP contribution is 2.46. The topological polar surface area (TPSA) is 94.3 Å². The molecule has 8 heteroatoms. The fourth-order valence-electron chi connectivity index (χ4n) is 6.84. The summed E-state index contributed by atoms with van der Waals surface area (Å²) in [6.07, 6.45) is 14.9. The van der Waals surface area contributed by atoms with E-state index in [1.165, 1.54) is 56.9 Å². The molecule has 2 heterocycles. The van der Waals surface area contributed by atoms with Gasteiger partial charge in [0.05, 0.1) is 0 Å². The van der Waals surface area contributed by atoms with Gasteiger partial charge in [-0.1, -0.05) is 61.7 Å². The molecule has 37 heavy (non-hydrogen) atoms. The quantitative estimate of drug-likeness (QED) is 0.381. The number of tetrazole rings is 1. The van der Waals surface area contributed by atoms with Crippen molar-refractivity contribution in [2.45, 2.75) is 109 Å². The van der Waals surface area contributed by atoms with E-state index >= 15 is 0 Å². The van der Waals surface area contributed by atoms with Gasteiger partial charge in [-0.3, -0.25) is 4.57 Å². The lowest BCUT2D eigenvalue weighted by molar-refractivity contribution is 0.137. The Hall–Kier alpha value is -2.77. The second-order valence-corrected chi connectivity index (χ2v) is 11.3. The molecule has 3 aromatic rings. The van der Waals surface area contributed by atoms with Gasteiger partial charge < -0.3 is 0 Å². The lowest BCUT2D eigenvalue weighted by atomic mass is 9.66. The molecule has 2 aliphatic rings. The highest BCUT2D eigenvalue weighted by Gasteiger charge is 2.37. The van der Waals surface area contributed by atoms with Crippen molar-refractivity contribution in [2.75, 3.05) is 0 Å². The second kappa shape index (κ2) is 12.7. The van der Waals surface area contributed by atoms with Crippen LogP contribution in [0.2, 0.25) is 0 Å². The van der Waals surface area contributed by atoms with Crippen molar-refractivity contribution in [3.63, 3.8) is 0 Å². The maximum Gasteiger partial charge on any atom is 0.345 e. The fraction of sp³-hybridized carbons (Fsp3) is 0.690. The zero-order chi connectivity index (χ0) is 25.5. The number of rotatable bonds is 11. The van der Waals surface area contributed by atoms with Crippen LogP contribution in [0.1, 0.15) is 101 Å². The van der Waals surface area contributed by atoms with Crippen molar-refractivity contribution in [1.29, 1.82) is 0 Å². The maximum absolute atomic E-state index is 13.4. The van der Waals surface area contributed by atoms with Crippen LogP contribution < -0.4 is 5.69 Å². The molecule has 0 amide bonds. The molecule has 0 bridgehead atoms. The number of unbranched alkanes of at least 4 members (excludes halogenated alkanes) is 1. The van der Waals surface area contributed by atoms with Gasteiger partial charge in [-0.25, -0.2) is 9.48 Å². The van der Waals surface area contributed by atoms with E-state index in [2.05, 4.69) is 51.8 Å². The molecule has 0 radical (unpaired) electrons. The minimum atomic E-state index is 0.0886. The van der Waals surface area contributed by atoms with Crippen molar-refractivity contribution in [1.82, 2.24) is 35.0 Å². The van der Waals surface area contributed by atoms with E-state index in [1.54, 1.807) is 4.68 Å². The molecule has 200 valence electrons. The van der Waals surface area contributed by atoms with Crippen LogP contribution in [-0.4, -0.2) is 35.0 Å². The third kappa shape index (κ3) is 6.39. The van der Waals surface area contributed by atoms with E-state index in [0.717, 1.165) is 56.2 Å². The minimum Gasteiger partial charge on any atom is -0.279 e. The maximum atomic E-state index is 13.4. The Bertz CT molecular complexity index is 1130. The summed E-state index contributed by atoms with van der Waals surface area (Å²) in [6.45, 7) is 3.71. The van der Waals surface area contributed by atoms with Gasteiger partial charge in [-0.05, 0) is 81.1 Å². The van der Waals surface area contributed by atoms with Crippen molar-refractivity contribution in [2.24, 2.45) is 17.8 Å². The van der Waals surface area contributed by atoms with Crippen molar-refractivity contribution >= 4 is 0 Å². The average Bonchev–Trinajstić information content (AvgIpc) is 3.58. The van der Waals surface area contributed by atoms with E-state index in [1.807, 2.05) is 10.6 Å². The highest BCUT2D eigenvalue weighted by atomic mass is 16.2. The molecule has 8 nitrogen and oxygen atoms in total. The monoisotopic (exact) mass is 505 g/mol. The van der Waals surface area contributed by atoms with E-state index in [4.69, 9.17) is 5.10 Å². The van der Waals surface area contributed by atoms with Gasteiger partial charge in [0.2, 0.25) is 0 Å². The molecule has 2 aromatic heterocycles. The van der Waals surface area contributed by atoms with Gasteiger partial charge in [0.15, 0.2) is 5.82 Å². The van der Waals surface area contributed by atoms with Gasteiger partial charge in [-0.2, -0.15) is 10.3 Å². The standard InChI is InChI=1S/C29H43N7O/c1-2-3-15-27-32-36(20-9-12-22-10-5-4-6-11-22)29(37)35(27)21-23-16-18-24(19-17-23)25-13-7-8-14-26(25)28-30-33-34-31-28/h4-6,10-11,23-26H,2-3,7-9,12-21H2,1H3,(H,30,31,33,34). The molecule has 5 rings (SSSR count). The van der Waals surface area contributed by atoms with E-state index in [9.17, 15) is 4.79 Å². The predicted octanol–water partition coefficient (Wildman–Crippen LogP) is 5.31. The Labute approximate surface area is 220 Å². The highest BCUT2D eigenvalue weighted by molar-refractivity contribution is 5.14. The Morgan fingerprint density at radius 1 is 0.973 bits per heavy atom. The number of benzene rings is 1. The summed E-state index contributed by atoms with van der Waals surface area (Å²) in [4.78, 5) is 13.4. The zero-order valence-electron chi connectivity index (χ0n) is 22.4. The molecule has 2 atom stereocenters. The zero-order valence-corrected chi connectivity index (χ0v) is 22.4. The number of hydrogen-bond donors (Lipinski definition) is 1. The Morgan fingerprint density at radius 3 is 2.54 bits per heavy atom. The van der Waals surface area contributed by atoms with Crippen molar-refractivity contribution < 1.29 is 0 Å².